The Bertz CT molecular complexity index is 965. The number of guanidine groups is 1. The molecule has 2 heterocycles. The van der Waals surface area contributed by atoms with Crippen LogP contribution in [0.1, 0.15) is 10.6 Å². The van der Waals surface area contributed by atoms with E-state index in [4.69, 9.17) is 11.5 Å². The Labute approximate surface area is 140 Å². The van der Waals surface area contributed by atoms with Gasteiger partial charge in [-0.1, -0.05) is 0 Å². The van der Waals surface area contributed by atoms with Gasteiger partial charge in [-0.15, -0.1) is 16.4 Å². The zero-order chi connectivity index (χ0) is 17.3. The third-order valence-electron chi connectivity index (χ3n) is 3.18. The molecule has 122 valence electrons. The van der Waals surface area contributed by atoms with Gasteiger partial charge in [0.2, 0.25) is 5.96 Å². The Kier molecular flexibility index (Phi) is 3.96. The average Bonchev–Trinajstić information content (AvgIpc) is 3.04. The number of hydrogen-bond donors (Lipinski definition) is 2. The van der Waals surface area contributed by atoms with Gasteiger partial charge in [0.05, 0.1) is 22.5 Å². The van der Waals surface area contributed by atoms with Gasteiger partial charge in [0.15, 0.2) is 4.96 Å². The number of rotatable bonds is 4. The molecule has 1 aromatic carbocycles. The van der Waals surface area contributed by atoms with Gasteiger partial charge in [-0.25, -0.2) is 4.98 Å². The summed E-state index contributed by atoms with van der Waals surface area (Å²) in [7, 11) is 0. The minimum atomic E-state index is -0.444. The number of aryl methyl sites for hydroxylation is 1. The molecule has 24 heavy (non-hydrogen) atoms. The number of aromatic nitrogens is 2. The van der Waals surface area contributed by atoms with E-state index in [1.807, 2.05) is 17.5 Å². The summed E-state index contributed by atoms with van der Waals surface area (Å²) in [6.07, 6.45) is 3.43. The average molecular weight is 343 g/mol. The lowest BCUT2D eigenvalue weighted by molar-refractivity contribution is -0.384. The quantitative estimate of drug-likeness (QED) is 0.322. The summed E-state index contributed by atoms with van der Waals surface area (Å²) in [6, 6.07) is 6.17. The number of nitro groups is 1. The first-order valence-electron chi connectivity index (χ1n) is 6.81. The Morgan fingerprint density at radius 1 is 1.38 bits per heavy atom. The molecule has 0 bridgehead atoms. The van der Waals surface area contributed by atoms with Crippen LogP contribution in [0.25, 0.3) is 16.2 Å². The Balaban J connectivity index is 2.12. The molecule has 0 radical (unpaired) electrons. The van der Waals surface area contributed by atoms with E-state index < -0.39 is 4.92 Å². The van der Waals surface area contributed by atoms with Crippen molar-refractivity contribution in [3.8, 4) is 11.3 Å². The molecule has 0 saturated heterocycles. The van der Waals surface area contributed by atoms with Crippen LogP contribution >= 0.6 is 11.3 Å². The van der Waals surface area contributed by atoms with Crippen molar-refractivity contribution in [2.45, 2.75) is 6.92 Å². The van der Waals surface area contributed by atoms with Crippen molar-refractivity contribution in [2.24, 2.45) is 21.7 Å². The molecule has 0 saturated carbocycles. The summed E-state index contributed by atoms with van der Waals surface area (Å²) in [6.45, 7) is 1.97. The largest absolute Gasteiger partial charge is 0.369 e. The summed E-state index contributed by atoms with van der Waals surface area (Å²) in [5.41, 5.74) is 12.6. The van der Waals surface area contributed by atoms with Gasteiger partial charge in [-0.05, 0) is 19.1 Å². The minimum Gasteiger partial charge on any atom is -0.369 e. The summed E-state index contributed by atoms with van der Waals surface area (Å²) >= 11 is 1.53. The summed E-state index contributed by atoms with van der Waals surface area (Å²) in [5, 5.41) is 18.2. The van der Waals surface area contributed by atoms with Crippen molar-refractivity contribution in [2.75, 3.05) is 0 Å². The van der Waals surface area contributed by atoms with Crippen LogP contribution in [0.2, 0.25) is 0 Å². The van der Waals surface area contributed by atoms with Crippen LogP contribution in [0.3, 0.4) is 0 Å². The molecule has 0 aliphatic carbocycles. The second-order valence-electron chi connectivity index (χ2n) is 4.91. The monoisotopic (exact) mass is 343 g/mol. The van der Waals surface area contributed by atoms with Gasteiger partial charge in [-0.2, -0.15) is 5.10 Å². The summed E-state index contributed by atoms with van der Waals surface area (Å²) < 4.78 is 1.88. The number of benzene rings is 1. The van der Waals surface area contributed by atoms with E-state index in [-0.39, 0.29) is 11.6 Å². The predicted octanol–water partition coefficient (Wildman–Crippen LogP) is 1.89. The van der Waals surface area contributed by atoms with Crippen LogP contribution in [0.5, 0.6) is 0 Å². The van der Waals surface area contributed by atoms with Crippen molar-refractivity contribution < 1.29 is 4.92 Å². The molecule has 3 rings (SSSR count). The van der Waals surface area contributed by atoms with E-state index in [1.165, 1.54) is 29.7 Å². The number of imidazole rings is 1. The van der Waals surface area contributed by atoms with Crippen molar-refractivity contribution in [3.63, 3.8) is 0 Å². The summed E-state index contributed by atoms with van der Waals surface area (Å²) in [4.78, 5) is 16.8. The number of non-ortho nitro benzene ring substituents is 1. The first-order valence-corrected chi connectivity index (χ1v) is 7.62. The molecule has 9 nitrogen and oxygen atoms in total. The van der Waals surface area contributed by atoms with Crippen molar-refractivity contribution in [1.82, 2.24) is 9.38 Å². The zero-order valence-corrected chi connectivity index (χ0v) is 13.4. The molecule has 4 N–H and O–H groups in total. The van der Waals surface area contributed by atoms with Crippen LogP contribution in [0.4, 0.5) is 5.69 Å². The van der Waals surface area contributed by atoms with Gasteiger partial charge < -0.3 is 11.5 Å². The van der Waals surface area contributed by atoms with Gasteiger partial charge in [0, 0.05) is 28.8 Å². The van der Waals surface area contributed by atoms with Crippen LogP contribution in [-0.2, 0) is 0 Å². The molecule has 0 atom stereocenters. The maximum Gasteiger partial charge on any atom is 0.269 e. The first-order chi connectivity index (χ1) is 11.5. The number of nitrogens with zero attached hydrogens (tertiary/aromatic N) is 5. The number of nitro benzene ring substituents is 1. The molecule has 0 aliphatic rings. The maximum absolute atomic E-state index is 10.8. The zero-order valence-electron chi connectivity index (χ0n) is 12.6. The highest BCUT2D eigenvalue weighted by Gasteiger charge is 2.15. The SMILES string of the molecule is Cc1cn2c(/C=N/N=C(N)N)c(-c3ccc([N+](=O)[O-])cc3)nc2s1. The highest BCUT2D eigenvalue weighted by molar-refractivity contribution is 7.17. The van der Waals surface area contributed by atoms with Crippen LogP contribution in [0, 0.1) is 17.0 Å². The molecule has 3 aromatic rings. The highest BCUT2D eigenvalue weighted by Crippen LogP contribution is 2.28. The first kappa shape index (κ1) is 15.6. The fourth-order valence-electron chi connectivity index (χ4n) is 2.20. The number of fused-ring (bicyclic) bond motifs is 1. The molecule has 10 heteroatoms. The number of nitrogens with two attached hydrogens (primary N) is 2. The van der Waals surface area contributed by atoms with Gasteiger partial charge in [-0.3, -0.25) is 14.5 Å². The van der Waals surface area contributed by atoms with Crippen molar-refractivity contribution in [1.29, 1.82) is 0 Å². The lowest BCUT2D eigenvalue weighted by Gasteiger charge is -1.99. The lowest BCUT2D eigenvalue weighted by atomic mass is 10.1. The van der Waals surface area contributed by atoms with E-state index in [1.54, 1.807) is 12.1 Å². The molecule has 0 amide bonds. The van der Waals surface area contributed by atoms with Crippen LogP contribution < -0.4 is 11.5 Å². The fraction of sp³-hybridized carbons (Fsp3) is 0.0714. The fourth-order valence-corrected chi connectivity index (χ4v) is 3.03. The van der Waals surface area contributed by atoms with Crippen molar-refractivity contribution in [3.05, 3.63) is 51.1 Å². The molecule has 0 aliphatic heterocycles. The third kappa shape index (κ3) is 2.94. The number of hydrogen-bond acceptors (Lipinski definition) is 6. The molecule has 0 spiro atoms. The second-order valence-corrected chi connectivity index (χ2v) is 6.13. The number of thiazole rings is 1. The van der Waals surface area contributed by atoms with E-state index in [0.717, 1.165) is 15.4 Å². The standard InChI is InChI=1S/C14H13N7O2S/c1-8-7-20-11(6-17-19-13(15)16)12(18-14(20)24-8)9-2-4-10(5-3-9)21(22)23/h2-7H,1H3,(H4,15,16,19)/b17-6+. The molecule has 0 unspecified atom stereocenters. The van der Waals surface area contributed by atoms with Gasteiger partial charge in [0.1, 0.15) is 0 Å². The molecule has 0 fully saturated rings. The summed E-state index contributed by atoms with van der Waals surface area (Å²) in [5.74, 6) is -0.148. The molecule has 2 aromatic heterocycles. The lowest BCUT2D eigenvalue weighted by Crippen LogP contribution is -2.21. The molecular weight excluding hydrogens is 330 g/mol. The van der Waals surface area contributed by atoms with Gasteiger partial charge in [0.25, 0.3) is 5.69 Å². The van der Waals surface area contributed by atoms with E-state index in [9.17, 15) is 10.1 Å². The van der Waals surface area contributed by atoms with E-state index in [2.05, 4.69) is 15.2 Å². The molecular formula is C14H13N7O2S. The van der Waals surface area contributed by atoms with E-state index in [0.29, 0.717) is 11.4 Å². The Hall–Kier alpha value is -3.27. The topological polar surface area (TPSA) is 137 Å². The van der Waals surface area contributed by atoms with E-state index >= 15 is 0 Å². The second kappa shape index (κ2) is 6.08. The highest BCUT2D eigenvalue weighted by atomic mass is 32.1. The van der Waals surface area contributed by atoms with Crippen LogP contribution in [-0.4, -0.2) is 26.5 Å². The minimum absolute atomic E-state index is 0.0198. The predicted molar refractivity (Wildman–Crippen MR) is 93.3 cm³/mol. The normalized spacial score (nSPS) is 11.2. The smallest absolute Gasteiger partial charge is 0.269 e. The van der Waals surface area contributed by atoms with Crippen LogP contribution in [0.15, 0.2) is 40.7 Å². The van der Waals surface area contributed by atoms with Gasteiger partial charge >= 0.3 is 0 Å². The van der Waals surface area contributed by atoms with Crippen molar-refractivity contribution >= 4 is 34.2 Å². The Morgan fingerprint density at radius 3 is 2.71 bits per heavy atom. The Morgan fingerprint density at radius 2 is 2.08 bits per heavy atom. The maximum atomic E-state index is 10.8. The third-order valence-corrected chi connectivity index (χ3v) is 4.08.